The summed E-state index contributed by atoms with van der Waals surface area (Å²) < 4.78 is 4.82. The molecule has 252 valence electrons. The van der Waals surface area contributed by atoms with Crippen molar-refractivity contribution in [3.8, 4) is 45.5 Å². The molecule has 0 radical (unpaired) electrons. The average Bonchev–Trinajstić information content (AvgIpc) is 3.75. The molecule has 3 aromatic heterocycles. The zero-order valence-corrected chi connectivity index (χ0v) is 29.1. The Labute approximate surface area is 311 Å². The molecule has 0 aliphatic rings. The number of hydrogen-bond acceptors (Lipinski definition) is 3. The van der Waals surface area contributed by atoms with Gasteiger partial charge in [-0.05, 0) is 60.0 Å². The summed E-state index contributed by atoms with van der Waals surface area (Å²) in [4.78, 5) is 14.8. The van der Waals surface area contributed by atoms with Gasteiger partial charge in [-0.15, -0.1) is 0 Å². The van der Waals surface area contributed by atoms with E-state index in [0.29, 0.717) is 17.5 Å². The lowest BCUT2D eigenvalue weighted by Crippen LogP contribution is -2.00. The molecule has 0 atom stereocenters. The summed E-state index contributed by atoms with van der Waals surface area (Å²) in [6.07, 6.45) is 0. The standard InChI is InChI=1S/C49H31N5/c1-3-15-33(16-4-1)47-50-48(34-17-5-2-6-18-34)52-49(51-47)35-26-28-36(29-27-35)53-43-23-11-9-21-38(43)40-31-46-41(30-45(40)53)39-22-10-12-24-44(39)54(46)42-25-13-19-32-14-7-8-20-37(32)42/h1-31H. The molecular weight excluding hydrogens is 659 g/mol. The minimum atomic E-state index is 0.638. The average molecular weight is 690 g/mol. The second-order valence-electron chi connectivity index (χ2n) is 13.7. The van der Waals surface area contributed by atoms with E-state index in [1.807, 2.05) is 60.7 Å². The molecule has 0 bridgehead atoms. The summed E-state index contributed by atoms with van der Waals surface area (Å²) in [5.74, 6) is 1.94. The van der Waals surface area contributed by atoms with Crippen LogP contribution in [0.25, 0.3) is 99.9 Å². The van der Waals surface area contributed by atoms with Crippen LogP contribution >= 0.6 is 0 Å². The molecule has 3 heterocycles. The molecule has 0 saturated heterocycles. The maximum atomic E-state index is 4.97. The van der Waals surface area contributed by atoms with Crippen molar-refractivity contribution in [2.45, 2.75) is 0 Å². The summed E-state index contributed by atoms with van der Waals surface area (Å²) in [5, 5.41) is 7.34. The predicted octanol–water partition coefficient (Wildman–Crippen LogP) is 12.2. The van der Waals surface area contributed by atoms with Gasteiger partial charge in [-0.25, -0.2) is 15.0 Å². The first kappa shape index (κ1) is 30.3. The van der Waals surface area contributed by atoms with Crippen LogP contribution < -0.4 is 0 Å². The fourth-order valence-corrected chi connectivity index (χ4v) is 8.07. The third kappa shape index (κ3) is 4.76. The van der Waals surface area contributed by atoms with E-state index in [9.17, 15) is 0 Å². The number of fused-ring (bicyclic) bond motifs is 7. The molecule has 8 aromatic carbocycles. The van der Waals surface area contributed by atoms with E-state index < -0.39 is 0 Å². The topological polar surface area (TPSA) is 48.5 Å². The maximum Gasteiger partial charge on any atom is 0.164 e. The Bertz CT molecular complexity index is 3130. The Morgan fingerprint density at radius 1 is 0.296 bits per heavy atom. The van der Waals surface area contributed by atoms with Gasteiger partial charge in [0.05, 0.1) is 27.8 Å². The molecule has 0 aliphatic carbocycles. The highest BCUT2D eigenvalue weighted by molar-refractivity contribution is 6.19. The van der Waals surface area contributed by atoms with E-state index >= 15 is 0 Å². The summed E-state index contributed by atoms with van der Waals surface area (Å²) >= 11 is 0. The van der Waals surface area contributed by atoms with Crippen LogP contribution in [0.2, 0.25) is 0 Å². The van der Waals surface area contributed by atoms with Gasteiger partial charge < -0.3 is 9.13 Å². The van der Waals surface area contributed by atoms with Crippen LogP contribution in [0.15, 0.2) is 188 Å². The monoisotopic (exact) mass is 689 g/mol. The Morgan fingerprint density at radius 2 is 0.741 bits per heavy atom. The molecule has 5 heteroatoms. The quantitative estimate of drug-likeness (QED) is 0.181. The van der Waals surface area contributed by atoms with Crippen molar-refractivity contribution in [2.75, 3.05) is 0 Å². The second-order valence-corrected chi connectivity index (χ2v) is 13.7. The van der Waals surface area contributed by atoms with Gasteiger partial charge in [0.25, 0.3) is 0 Å². The SMILES string of the molecule is c1ccc(-c2nc(-c3ccccc3)nc(-c3ccc(-n4c5ccccc5c5cc6c(cc54)c4ccccc4n6-c4cccc5ccccc45)cc3)n2)cc1. The Kier molecular flexibility index (Phi) is 6.79. The molecule has 11 aromatic rings. The first-order valence-corrected chi connectivity index (χ1v) is 18.2. The van der Waals surface area contributed by atoms with Crippen molar-refractivity contribution in [3.05, 3.63) is 188 Å². The van der Waals surface area contributed by atoms with Crippen molar-refractivity contribution in [3.63, 3.8) is 0 Å². The van der Waals surface area contributed by atoms with Crippen LogP contribution in [-0.2, 0) is 0 Å². The van der Waals surface area contributed by atoms with Crippen molar-refractivity contribution in [1.82, 2.24) is 24.1 Å². The summed E-state index contributed by atoms with van der Waals surface area (Å²) in [7, 11) is 0. The lowest BCUT2D eigenvalue weighted by atomic mass is 10.1. The molecule has 0 fully saturated rings. The number of aromatic nitrogens is 5. The zero-order valence-electron chi connectivity index (χ0n) is 29.1. The van der Waals surface area contributed by atoms with Gasteiger partial charge in [-0.1, -0.05) is 133 Å². The third-order valence-corrected chi connectivity index (χ3v) is 10.6. The summed E-state index contributed by atoms with van der Waals surface area (Å²) in [5.41, 5.74) is 9.79. The zero-order chi connectivity index (χ0) is 35.6. The van der Waals surface area contributed by atoms with E-state index in [-0.39, 0.29) is 0 Å². The largest absolute Gasteiger partial charge is 0.309 e. The fraction of sp³-hybridized carbons (Fsp3) is 0. The third-order valence-electron chi connectivity index (χ3n) is 10.6. The molecule has 0 unspecified atom stereocenters. The van der Waals surface area contributed by atoms with Crippen molar-refractivity contribution in [1.29, 1.82) is 0 Å². The van der Waals surface area contributed by atoms with Gasteiger partial charge in [0.15, 0.2) is 17.5 Å². The van der Waals surface area contributed by atoms with Crippen LogP contribution in [-0.4, -0.2) is 24.1 Å². The van der Waals surface area contributed by atoms with E-state index in [2.05, 4.69) is 137 Å². The molecule has 0 N–H and O–H groups in total. The minimum Gasteiger partial charge on any atom is -0.309 e. The number of rotatable bonds is 5. The van der Waals surface area contributed by atoms with Crippen LogP contribution in [0.5, 0.6) is 0 Å². The smallest absolute Gasteiger partial charge is 0.164 e. The first-order chi connectivity index (χ1) is 26.8. The predicted molar refractivity (Wildman–Crippen MR) is 222 cm³/mol. The van der Waals surface area contributed by atoms with Crippen LogP contribution in [0.3, 0.4) is 0 Å². The van der Waals surface area contributed by atoms with Gasteiger partial charge in [0, 0.05) is 49.3 Å². The highest BCUT2D eigenvalue weighted by Gasteiger charge is 2.20. The van der Waals surface area contributed by atoms with E-state index in [1.165, 1.54) is 49.0 Å². The molecule has 5 nitrogen and oxygen atoms in total. The Morgan fingerprint density at radius 3 is 1.33 bits per heavy atom. The fourth-order valence-electron chi connectivity index (χ4n) is 8.07. The Hall–Kier alpha value is -7.37. The molecule has 0 aliphatic heterocycles. The highest BCUT2D eigenvalue weighted by atomic mass is 15.0. The Balaban J connectivity index is 1.10. The van der Waals surface area contributed by atoms with Crippen molar-refractivity contribution in [2.24, 2.45) is 0 Å². The van der Waals surface area contributed by atoms with E-state index in [1.54, 1.807) is 0 Å². The maximum absolute atomic E-state index is 4.97. The number of benzene rings is 8. The van der Waals surface area contributed by atoms with Crippen LogP contribution in [0, 0.1) is 0 Å². The van der Waals surface area contributed by atoms with Gasteiger partial charge in [0.2, 0.25) is 0 Å². The lowest BCUT2D eigenvalue weighted by molar-refractivity contribution is 1.07. The molecule has 0 saturated carbocycles. The van der Waals surface area contributed by atoms with Crippen LogP contribution in [0.1, 0.15) is 0 Å². The molecular formula is C49H31N5. The summed E-state index contributed by atoms with van der Waals surface area (Å²) in [6, 6.07) is 66.3. The van der Waals surface area contributed by atoms with Crippen molar-refractivity contribution >= 4 is 54.4 Å². The van der Waals surface area contributed by atoms with Gasteiger partial charge in [0.1, 0.15) is 0 Å². The van der Waals surface area contributed by atoms with E-state index in [4.69, 9.17) is 15.0 Å². The molecule has 54 heavy (non-hydrogen) atoms. The van der Waals surface area contributed by atoms with Crippen molar-refractivity contribution < 1.29 is 0 Å². The first-order valence-electron chi connectivity index (χ1n) is 18.2. The van der Waals surface area contributed by atoms with Gasteiger partial charge in [-0.3, -0.25) is 0 Å². The summed E-state index contributed by atoms with van der Waals surface area (Å²) in [6.45, 7) is 0. The molecule has 11 rings (SSSR count). The molecule has 0 spiro atoms. The second kappa shape index (κ2) is 12.1. The molecule has 0 amide bonds. The van der Waals surface area contributed by atoms with Gasteiger partial charge in [-0.2, -0.15) is 0 Å². The lowest BCUT2D eigenvalue weighted by Gasteiger charge is -2.12. The van der Waals surface area contributed by atoms with E-state index in [0.717, 1.165) is 33.4 Å². The number of hydrogen-bond donors (Lipinski definition) is 0. The minimum absolute atomic E-state index is 0.638. The normalized spacial score (nSPS) is 11.7. The van der Waals surface area contributed by atoms with Gasteiger partial charge >= 0.3 is 0 Å². The number of para-hydroxylation sites is 2. The highest BCUT2D eigenvalue weighted by Crippen LogP contribution is 2.40. The van der Waals surface area contributed by atoms with Crippen LogP contribution in [0.4, 0.5) is 0 Å². The number of nitrogens with zero attached hydrogens (tertiary/aromatic N) is 5.